The van der Waals surface area contributed by atoms with Crippen molar-refractivity contribution in [2.45, 2.75) is 97.3 Å². The minimum absolute atomic E-state index is 0.195. The summed E-state index contributed by atoms with van der Waals surface area (Å²) < 4.78 is 30.5. The number of rotatable bonds is 14. The third kappa shape index (κ3) is 18.9. The molecule has 7 heteroatoms. The summed E-state index contributed by atoms with van der Waals surface area (Å²) in [5, 5.41) is 0. The molecule has 0 aromatic rings. The van der Waals surface area contributed by atoms with Crippen molar-refractivity contribution in [3.05, 3.63) is 0 Å². The molecule has 0 bridgehead atoms. The Bertz CT molecular complexity index is 507. The number of hydrogen-bond acceptors (Lipinski definition) is 5. The fourth-order valence-electron chi connectivity index (χ4n) is 3.00. The molecule has 0 amide bonds. The highest BCUT2D eigenvalue weighted by atomic mass is 32.2. The highest BCUT2D eigenvalue weighted by Crippen LogP contribution is 2.13. The monoisotopic (exact) mass is 436 g/mol. The third-order valence-corrected chi connectivity index (χ3v) is 7.84. The van der Waals surface area contributed by atoms with Gasteiger partial charge in [-0.25, -0.2) is 8.42 Å². The van der Waals surface area contributed by atoms with E-state index < -0.39 is 10.1 Å². The van der Waals surface area contributed by atoms with E-state index in [0.29, 0.717) is 30.8 Å². The second-order valence-corrected chi connectivity index (χ2v) is 11.4. The summed E-state index contributed by atoms with van der Waals surface area (Å²) in [5.41, 5.74) is 0. The number of unbranched alkanes of at least 4 members (excludes halogenated alkanes) is 8. The lowest BCUT2D eigenvalue weighted by Gasteiger charge is -2.12. The van der Waals surface area contributed by atoms with E-state index in [9.17, 15) is 22.6 Å². The smallest absolute Gasteiger partial charge is 0.181 e. The molecule has 0 aromatic heterocycles. The van der Waals surface area contributed by atoms with E-state index in [1.54, 1.807) is 0 Å². The van der Waals surface area contributed by atoms with Crippen molar-refractivity contribution in [2.75, 3.05) is 23.0 Å². The van der Waals surface area contributed by atoms with E-state index >= 15 is 0 Å². The second-order valence-electron chi connectivity index (χ2n) is 7.58. The molecule has 1 rings (SSSR count). The Morgan fingerprint density at radius 1 is 0.893 bits per heavy atom. The fraction of sp³-hybridized carbons (Fsp3) is 0.905. The first kappa shape index (κ1) is 27.6. The summed E-state index contributed by atoms with van der Waals surface area (Å²) in [4.78, 5) is 22.7. The summed E-state index contributed by atoms with van der Waals surface area (Å²) in [6, 6.07) is 0. The maximum Gasteiger partial charge on any atom is 0.181 e. The van der Waals surface area contributed by atoms with Gasteiger partial charge < -0.3 is 4.55 Å². The second kappa shape index (κ2) is 17.5. The molecule has 1 aliphatic heterocycles. The van der Waals surface area contributed by atoms with Gasteiger partial charge in [0.25, 0.3) is 0 Å². The van der Waals surface area contributed by atoms with Crippen LogP contribution in [0.5, 0.6) is 0 Å². The zero-order chi connectivity index (χ0) is 21.3. The number of Topliss-reactive ketones (excluding diaryl/α,β-unsaturated/α-hetero) is 2. The average molecular weight is 437 g/mol. The van der Waals surface area contributed by atoms with Gasteiger partial charge in [0.05, 0.1) is 23.0 Å². The number of ketones is 2. The first-order valence-electron chi connectivity index (χ1n) is 10.9. The molecule has 0 saturated carbocycles. The topological polar surface area (TPSA) is 91.3 Å². The Kier molecular flexibility index (Phi) is 17.2. The molecule has 1 heterocycles. The van der Waals surface area contributed by atoms with Crippen LogP contribution in [0.4, 0.5) is 0 Å². The number of carbonyl (C=O) groups excluding carboxylic acids is 2. The van der Waals surface area contributed by atoms with Crippen LogP contribution in [-0.4, -0.2) is 47.5 Å². The van der Waals surface area contributed by atoms with E-state index in [2.05, 4.69) is 13.8 Å². The first-order valence-corrected chi connectivity index (χ1v) is 14.2. The lowest BCUT2D eigenvalue weighted by molar-refractivity contribution is -0.119. The normalized spacial score (nSPS) is 15.2. The standard InChI is InChI=1S/C13H23O2S.C8H18O3S/c1-2-3-4-5-6-13(15)11-16-9-7-12(14)8-10-16;1-2-3-4-5-6-7-8-12(9,10)11/h2-11H2,1H3;2-8H2,1H3,(H,9,10,11)/q+1;/p-1. The van der Waals surface area contributed by atoms with E-state index in [0.717, 1.165) is 49.4 Å². The zero-order valence-electron chi connectivity index (χ0n) is 17.9. The van der Waals surface area contributed by atoms with Crippen LogP contribution < -0.4 is 0 Å². The van der Waals surface area contributed by atoms with Crippen LogP contribution in [0, 0.1) is 0 Å². The van der Waals surface area contributed by atoms with Crippen LogP contribution in [0.25, 0.3) is 0 Å². The Morgan fingerprint density at radius 3 is 1.93 bits per heavy atom. The van der Waals surface area contributed by atoms with Gasteiger partial charge in [0.1, 0.15) is 17.3 Å². The Balaban J connectivity index is 0.000000546. The molecule has 0 radical (unpaired) electrons. The molecule has 0 unspecified atom stereocenters. The molecular weight excluding hydrogens is 396 g/mol. The van der Waals surface area contributed by atoms with E-state index in [-0.39, 0.29) is 16.6 Å². The van der Waals surface area contributed by atoms with Gasteiger partial charge in [-0.2, -0.15) is 0 Å². The molecule has 0 spiro atoms. The van der Waals surface area contributed by atoms with Crippen molar-refractivity contribution in [1.82, 2.24) is 0 Å². The van der Waals surface area contributed by atoms with E-state index in [4.69, 9.17) is 0 Å². The SMILES string of the molecule is CCCCCCC(=O)C[S+]1CCC(=O)CC1.CCCCCCCCS(=O)(=O)[O-]. The third-order valence-electron chi connectivity index (χ3n) is 4.76. The van der Waals surface area contributed by atoms with Crippen LogP contribution in [0.15, 0.2) is 0 Å². The fourth-order valence-corrected chi connectivity index (χ4v) is 5.68. The summed E-state index contributed by atoms with van der Waals surface area (Å²) >= 11 is 0. The Labute approximate surface area is 175 Å². The molecular formula is C21H40O5S2. The largest absolute Gasteiger partial charge is 0.748 e. The van der Waals surface area contributed by atoms with Crippen LogP contribution in [0.3, 0.4) is 0 Å². The van der Waals surface area contributed by atoms with Crippen LogP contribution >= 0.6 is 0 Å². The minimum atomic E-state index is -3.97. The van der Waals surface area contributed by atoms with Crippen molar-refractivity contribution in [3.63, 3.8) is 0 Å². The van der Waals surface area contributed by atoms with Gasteiger partial charge in [0.15, 0.2) is 11.5 Å². The number of hydrogen-bond donors (Lipinski definition) is 0. The molecule has 0 atom stereocenters. The highest BCUT2D eigenvalue weighted by molar-refractivity contribution is 7.97. The Morgan fingerprint density at radius 2 is 1.39 bits per heavy atom. The van der Waals surface area contributed by atoms with Crippen LogP contribution in [-0.2, 0) is 30.6 Å². The van der Waals surface area contributed by atoms with Gasteiger partial charge in [-0.3, -0.25) is 9.59 Å². The summed E-state index contributed by atoms with van der Waals surface area (Å²) in [7, 11) is -3.74. The van der Waals surface area contributed by atoms with Crippen LogP contribution in [0.2, 0.25) is 0 Å². The molecule has 0 aromatic carbocycles. The molecule has 0 N–H and O–H groups in total. The van der Waals surface area contributed by atoms with Gasteiger partial charge in [0, 0.05) is 12.2 Å². The lowest BCUT2D eigenvalue weighted by atomic mass is 10.1. The van der Waals surface area contributed by atoms with E-state index in [1.807, 2.05) is 0 Å². The summed E-state index contributed by atoms with van der Waals surface area (Å²) in [6.07, 6.45) is 12.9. The molecule has 1 saturated heterocycles. The van der Waals surface area contributed by atoms with Gasteiger partial charge >= 0.3 is 0 Å². The van der Waals surface area contributed by atoms with E-state index in [1.165, 1.54) is 32.1 Å². The molecule has 0 aliphatic carbocycles. The van der Waals surface area contributed by atoms with Gasteiger partial charge in [0.2, 0.25) is 0 Å². The van der Waals surface area contributed by atoms with Gasteiger partial charge in [-0.1, -0.05) is 65.2 Å². The van der Waals surface area contributed by atoms with Crippen molar-refractivity contribution in [3.8, 4) is 0 Å². The predicted molar refractivity (Wildman–Crippen MR) is 118 cm³/mol. The van der Waals surface area contributed by atoms with Gasteiger partial charge in [-0.05, 0) is 23.7 Å². The summed E-state index contributed by atoms with van der Waals surface area (Å²) in [5.74, 6) is 3.31. The molecule has 1 fully saturated rings. The lowest BCUT2D eigenvalue weighted by Crippen LogP contribution is -2.29. The molecule has 166 valence electrons. The molecule has 28 heavy (non-hydrogen) atoms. The van der Waals surface area contributed by atoms with Crippen molar-refractivity contribution < 1.29 is 22.6 Å². The van der Waals surface area contributed by atoms with Crippen molar-refractivity contribution in [2.24, 2.45) is 0 Å². The first-order chi connectivity index (χ1) is 13.3. The van der Waals surface area contributed by atoms with Crippen LogP contribution in [0.1, 0.15) is 97.3 Å². The molecule has 1 aliphatic rings. The van der Waals surface area contributed by atoms with Gasteiger partial charge in [-0.15, -0.1) is 0 Å². The predicted octanol–water partition coefficient (Wildman–Crippen LogP) is 4.40. The van der Waals surface area contributed by atoms with Crippen molar-refractivity contribution in [1.29, 1.82) is 0 Å². The maximum absolute atomic E-state index is 11.7. The Hall–Kier alpha value is -0.400. The molecule has 5 nitrogen and oxygen atoms in total. The van der Waals surface area contributed by atoms with Crippen molar-refractivity contribution >= 4 is 32.6 Å². The quantitative estimate of drug-likeness (QED) is 0.229. The number of carbonyl (C=O) groups is 2. The maximum atomic E-state index is 11.7. The highest BCUT2D eigenvalue weighted by Gasteiger charge is 2.28. The zero-order valence-corrected chi connectivity index (χ0v) is 19.5. The minimum Gasteiger partial charge on any atom is -0.748 e. The summed E-state index contributed by atoms with van der Waals surface area (Å²) in [6.45, 7) is 4.31. The average Bonchev–Trinajstić information content (AvgIpc) is 2.63.